The van der Waals surface area contributed by atoms with Gasteiger partial charge in [-0.1, -0.05) is 18.2 Å². The quantitative estimate of drug-likeness (QED) is 0.800. The molecule has 2 heterocycles. The first kappa shape index (κ1) is 15.2. The number of methoxy groups -OCH3 is 1. The predicted molar refractivity (Wildman–Crippen MR) is 86.3 cm³/mol. The number of carbonyl (C=O) groups excluding carboxylic acids is 2. The van der Waals surface area contributed by atoms with Crippen LogP contribution in [0.3, 0.4) is 0 Å². The Morgan fingerprint density at radius 2 is 1.87 bits per heavy atom. The molecule has 1 aliphatic rings. The molecular formula is C18H18N2O3. The Hall–Kier alpha value is -2.69. The average molecular weight is 310 g/mol. The van der Waals surface area contributed by atoms with E-state index in [1.807, 2.05) is 31.2 Å². The monoisotopic (exact) mass is 310 g/mol. The van der Waals surface area contributed by atoms with Gasteiger partial charge in [-0.3, -0.25) is 14.6 Å². The molecule has 118 valence electrons. The molecule has 0 saturated carbocycles. The van der Waals surface area contributed by atoms with E-state index in [9.17, 15) is 9.59 Å². The first-order valence-electron chi connectivity index (χ1n) is 7.53. The summed E-state index contributed by atoms with van der Waals surface area (Å²) in [7, 11) is 1.39. The number of hydrogen-bond donors (Lipinski definition) is 0. The molecule has 0 radical (unpaired) electrons. The molecule has 0 saturated heterocycles. The highest BCUT2D eigenvalue weighted by Gasteiger charge is 2.37. The number of aromatic nitrogens is 1. The Morgan fingerprint density at radius 3 is 2.57 bits per heavy atom. The molecule has 0 aliphatic carbocycles. The SMILES string of the molecule is COC(=O)[C@@H]1C[C@H](C)N(C(=O)c2ccncc2)c2ccccc21. The first-order chi connectivity index (χ1) is 11.1. The van der Waals surface area contributed by atoms with Gasteiger partial charge in [-0.15, -0.1) is 0 Å². The number of ether oxygens (including phenoxy) is 1. The highest BCUT2D eigenvalue weighted by molar-refractivity contribution is 6.07. The number of pyridine rings is 1. The number of rotatable bonds is 2. The molecular weight excluding hydrogens is 292 g/mol. The molecule has 1 amide bonds. The normalized spacial score (nSPS) is 19.8. The summed E-state index contributed by atoms with van der Waals surface area (Å²) in [5.74, 6) is -0.691. The smallest absolute Gasteiger partial charge is 0.313 e. The van der Waals surface area contributed by atoms with Crippen LogP contribution < -0.4 is 4.90 Å². The first-order valence-corrected chi connectivity index (χ1v) is 7.53. The zero-order chi connectivity index (χ0) is 16.4. The number of amides is 1. The molecule has 1 aromatic carbocycles. The number of benzene rings is 1. The number of carbonyl (C=O) groups is 2. The molecule has 1 aliphatic heterocycles. The van der Waals surface area contributed by atoms with Crippen LogP contribution in [0, 0.1) is 0 Å². The molecule has 0 fully saturated rings. The average Bonchev–Trinajstić information content (AvgIpc) is 2.60. The van der Waals surface area contributed by atoms with Crippen LogP contribution in [-0.2, 0) is 9.53 Å². The summed E-state index contributed by atoms with van der Waals surface area (Å²) in [6.07, 6.45) is 3.75. The minimum absolute atomic E-state index is 0.0873. The Kier molecular flexibility index (Phi) is 4.10. The van der Waals surface area contributed by atoms with Gasteiger partial charge in [0.15, 0.2) is 0 Å². The predicted octanol–water partition coefficient (Wildman–Crippen LogP) is 2.78. The summed E-state index contributed by atoms with van der Waals surface area (Å²) in [5.41, 5.74) is 2.18. The molecule has 1 aromatic heterocycles. The van der Waals surface area contributed by atoms with Crippen molar-refractivity contribution in [2.45, 2.75) is 25.3 Å². The van der Waals surface area contributed by atoms with Gasteiger partial charge in [0.25, 0.3) is 5.91 Å². The van der Waals surface area contributed by atoms with Crippen molar-refractivity contribution in [3.63, 3.8) is 0 Å². The van der Waals surface area contributed by atoms with Crippen LogP contribution in [0.1, 0.15) is 35.2 Å². The lowest BCUT2D eigenvalue weighted by atomic mass is 9.85. The van der Waals surface area contributed by atoms with Crippen molar-refractivity contribution in [2.24, 2.45) is 0 Å². The van der Waals surface area contributed by atoms with Crippen molar-refractivity contribution in [1.29, 1.82) is 0 Å². The van der Waals surface area contributed by atoms with Gasteiger partial charge in [-0.05, 0) is 37.1 Å². The van der Waals surface area contributed by atoms with E-state index < -0.39 is 0 Å². The van der Waals surface area contributed by atoms with Crippen LogP contribution in [0.15, 0.2) is 48.8 Å². The molecule has 2 aromatic rings. The van der Waals surface area contributed by atoms with Crippen molar-refractivity contribution in [1.82, 2.24) is 4.98 Å². The lowest BCUT2D eigenvalue weighted by molar-refractivity contribution is -0.142. The molecule has 3 rings (SSSR count). The maximum Gasteiger partial charge on any atom is 0.313 e. The third-order valence-electron chi connectivity index (χ3n) is 4.22. The zero-order valence-electron chi connectivity index (χ0n) is 13.1. The lowest BCUT2D eigenvalue weighted by Crippen LogP contribution is -2.44. The van der Waals surface area contributed by atoms with Crippen LogP contribution in [0.2, 0.25) is 0 Å². The van der Waals surface area contributed by atoms with Crippen molar-refractivity contribution in [2.75, 3.05) is 12.0 Å². The topological polar surface area (TPSA) is 59.5 Å². The van der Waals surface area contributed by atoms with E-state index in [0.29, 0.717) is 12.0 Å². The van der Waals surface area contributed by atoms with Crippen molar-refractivity contribution >= 4 is 17.6 Å². The second-order valence-electron chi connectivity index (χ2n) is 5.63. The van der Waals surface area contributed by atoms with Gasteiger partial charge in [0.1, 0.15) is 0 Å². The van der Waals surface area contributed by atoms with Gasteiger partial charge >= 0.3 is 5.97 Å². The number of fused-ring (bicyclic) bond motifs is 1. The van der Waals surface area contributed by atoms with E-state index in [1.165, 1.54) is 7.11 Å². The Bertz CT molecular complexity index is 730. The molecule has 2 atom stereocenters. The van der Waals surface area contributed by atoms with Gasteiger partial charge < -0.3 is 9.64 Å². The third kappa shape index (κ3) is 2.70. The van der Waals surface area contributed by atoms with Crippen molar-refractivity contribution in [3.05, 3.63) is 59.9 Å². The van der Waals surface area contributed by atoms with E-state index in [-0.39, 0.29) is 23.8 Å². The lowest BCUT2D eigenvalue weighted by Gasteiger charge is -2.38. The second-order valence-corrected chi connectivity index (χ2v) is 5.63. The van der Waals surface area contributed by atoms with E-state index in [4.69, 9.17) is 4.74 Å². The highest BCUT2D eigenvalue weighted by Crippen LogP contribution is 2.39. The number of para-hydroxylation sites is 1. The van der Waals surface area contributed by atoms with Gasteiger partial charge in [0, 0.05) is 29.7 Å². The van der Waals surface area contributed by atoms with E-state index >= 15 is 0 Å². The molecule has 0 unspecified atom stereocenters. The molecule has 0 N–H and O–H groups in total. The van der Waals surface area contributed by atoms with Crippen molar-refractivity contribution < 1.29 is 14.3 Å². The standard InChI is InChI=1S/C18H18N2O3/c1-12-11-15(18(22)23-2)14-5-3-4-6-16(14)20(12)17(21)13-7-9-19-10-8-13/h3-10,12,15H,11H2,1-2H3/t12-,15+/m0/s1. The van der Waals surface area contributed by atoms with Crippen molar-refractivity contribution in [3.8, 4) is 0 Å². The van der Waals surface area contributed by atoms with Gasteiger partial charge in [0.2, 0.25) is 0 Å². The number of hydrogen-bond acceptors (Lipinski definition) is 4. The van der Waals surface area contributed by atoms with E-state index in [0.717, 1.165) is 11.3 Å². The third-order valence-corrected chi connectivity index (χ3v) is 4.22. The maximum atomic E-state index is 12.9. The summed E-state index contributed by atoms with van der Waals surface area (Å²) >= 11 is 0. The molecule has 5 heteroatoms. The second kappa shape index (κ2) is 6.20. The number of anilines is 1. The summed E-state index contributed by atoms with van der Waals surface area (Å²) < 4.78 is 4.92. The summed E-state index contributed by atoms with van der Waals surface area (Å²) in [6, 6.07) is 10.8. The molecule has 23 heavy (non-hydrogen) atoms. The van der Waals surface area contributed by atoms with E-state index in [2.05, 4.69) is 4.98 Å². The van der Waals surface area contributed by atoms with Crippen LogP contribution in [-0.4, -0.2) is 30.0 Å². The Labute approximate surface area is 134 Å². The summed E-state index contributed by atoms with van der Waals surface area (Å²) in [6.45, 7) is 1.95. The summed E-state index contributed by atoms with van der Waals surface area (Å²) in [5, 5.41) is 0. The van der Waals surface area contributed by atoms with E-state index in [1.54, 1.807) is 29.4 Å². The minimum Gasteiger partial charge on any atom is -0.469 e. The molecule has 5 nitrogen and oxygen atoms in total. The fourth-order valence-corrected chi connectivity index (χ4v) is 3.12. The van der Waals surface area contributed by atoms with Crippen LogP contribution in [0.25, 0.3) is 0 Å². The zero-order valence-corrected chi connectivity index (χ0v) is 13.1. The number of nitrogens with zero attached hydrogens (tertiary/aromatic N) is 2. The maximum absolute atomic E-state index is 12.9. The molecule has 0 spiro atoms. The highest BCUT2D eigenvalue weighted by atomic mass is 16.5. The number of esters is 1. The minimum atomic E-state index is -0.340. The Balaban J connectivity index is 2.05. The Morgan fingerprint density at radius 1 is 1.17 bits per heavy atom. The largest absolute Gasteiger partial charge is 0.469 e. The van der Waals surface area contributed by atoms with Crippen LogP contribution in [0.4, 0.5) is 5.69 Å². The van der Waals surface area contributed by atoms with Gasteiger partial charge in [0.05, 0.1) is 13.0 Å². The fourth-order valence-electron chi connectivity index (χ4n) is 3.12. The van der Waals surface area contributed by atoms with Crippen LogP contribution in [0.5, 0.6) is 0 Å². The summed E-state index contributed by atoms with van der Waals surface area (Å²) in [4.78, 5) is 30.7. The molecule has 0 bridgehead atoms. The fraction of sp³-hybridized carbons (Fsp3) is 0.278. The van der Waals surface area contributed by atoms with Gasteiger partial charge in [-0.25, -0.2) is 0 Å². The van der Waals surface area contributed by atoms with Crippen LogP contribution >= 0.6 is 0 Å². The van der Waals surface area contributed by atoms with Gasteiger partial charge in [-0.2, -0.15) is 0 Å².